The standard InChI is InChI=1S/C18H14BN2O3.C6H5/c20-15-22-19(23-16-9-3-1-4-10-16)24-18-12-6-5-11-17(18)21-13-7-2-8-14-21;1-2-4-6-5-3-1/h1-14H;1-5H/q+1;-1. The summed E-state index contributed by atoms with van der Waals surface area (Å²) >= 11 is 0. The fourth-order valence-electron chi connectivity index (χ4n) is 2.50. The Morgan fingerprint density at radius 3 is 2.00 bits per heavy atom. The van der Waals surface area contributed by atoms with Gasteiger partial charge in [-0.25, -0.2) is 0 Å². The molecule has 0 bridgehead atoms. The van der Waals surface area contributed by atoms with Crippen molar-refractivity contribution in [3.05, 3.63) is 122 Å². The van der Waals surface area contributed by atoms with E-state index in [0.29, 0.717) is 11.5 Å². The van der Waals surface area contributed by atoms with Crippen LogP contribution in [0.25, 0.3) is 5.69 Å². The normalized spacial score (nSPS) is 9.30. The number of nitrogens with zero attached hydrogens (tertiary/aromatic N) is 2. The largest absolute Gasteiger partial charge is 0.874 e. The van der Waals surface area contributed by atoms with Gasteiger partial charge in [-0.3, -0.25) is 0 Å². The molecule has 0 saturated carbocycles. The quantitative estimate of drug-likeness (QED) is 0.211. The van der Waals surface area contributed by atoms with E-state index in [9.17, 15) is 0 Å². The summed E-state index contributed by atoms with van der Waals surface area (Å²) in [7, 11) is -1.18. The van der Waals surface area contributed by atoms with Crippen molar-refractivity contribution >= 4 is 7.32 Å². The highest BCUT2D eigenvalue weighted by Gasteiger charge is 2.32. The number of nitriles is 1. The predicted molar refractivity (Wildman–Crippen MR) is 113 cm³/mol. The fraction of sp³-hybridized carbons (Fsp3) is 0. The first kappa shape index (κ1) is 20.5. The Bertz CT molecular complexity index is 1020. The SMILES string of the molecule is N#COB(Oc1ccccc1)Oc1ccccc1-[n+]1ccccc1.[c-]1ccccc1. The van der Waals surface area contributed by atoms with Crippen LogP contribution in [-0.2, 0) is 4.65 Å². The first-order valence-corrected chi connectivity index (χ1v) is 9.27. The van der Waals surface area contributed by atoms with Crippen LogP contribution in [0.5, 0.6) is 11.5 Å². The van der Waals surface area contributed by atoms with Crippen molar-refractivity contribution in [1.29, 1.82) is 5.26 Å². The molecule has 0 fully saturated rings. The van der Waals surface area contributed by atoms with E-state index >= 15 is 0 Å². The minimum absolute atomic E-state index is 0.532. The van der Waals surface area contributed by atoms with Crippen molar-refractivity contribution in [3.8, 4) is 23.4 Å². The van der Waals surface area contributed by atoms with Gasteiger partial charge in [0.1, 0.15) is 5.75 Å². The first-order valence-electron chi connectivity index (χ1n) is 9.27. The second kappa shape index (κ2) is 11.6. The zero-order chi connectivity index (χ0) is 20.9. The van der Waals surface area contributed by atoms with Gasteiger partial charge in [-0.05, 0) is 18.2 Å². The van der Waals surface area contributed by atoms with E-state index in [0.717, 1.165) is 5.69 Å². The molecular weight excluding hydrogens is 375 g/mol. The van der Waals surface area contributed by atoms with Gasteiger partial charge in [0.15, 0.2) is 18.1 Å². The van der Waals surface area contributed by atoms with Gasteiger partial charge in [-0.1, -0.05) is 36.4 Å². The van der Waals surface area contributed by atoms with Gasteiger partial charge >= 0.3 is 7.32 Å². The van der Waals surface area contributed by atoms with E-state index in [4.69, 9.17) is 19.2 Å². The zero-order valence-electron chi connectivity index (χ0n) is 16.2. The Hall–Kier alpha value is -4.24. The van der Waals surface area contributed by atoms with Crippen LogP contribution in [0.1, 0.15) is 0 Å². The third-order valence-corrected chi connectivity index (χ3v) is 3.81. The molecule has 4 rings (SSSR count). The van der Waals surface area contributed by atoms with Gasteiger partial charge in [-0.15, -0.1) is 0 Å². The monoisotopic (exact) mass is 394 g/mol. The van der Waals surface area contributed by atoms with Crippen molar-refractivity contribution in [1.82, 2.24) is 0 Å². The minimum Gasteiger partial charge on any atom is -0.489 e. The number of hydrogen-bond donors (Lipinski definition) is 0. The molecule has 5 nitrogen and oxygen atoms in total. The molecule has 146 valence electrons. The zero-order valence-corrected chi connectivity index (χ0v) is 16.2. The lowest BCUT2D eigenvalue weighted by molar-refractivity contribution is -0.596. The molecule has 1 aromatic heterocycles. The summed E-state index contributed by atoms with van der Waals surface area (Å²) in [5.74, 6) is 1.08. The maximum Gasteiger partial charge on any atom is 0.874 e. The van der Waals surface area contributed by atoms with Crippen molar-refractivity contribution in [2.24, 2.45) is 0 Å². The molecular formula is C24H19BN2O3. The average molecular weight is 394 g/mol. The number of benzene rings is 3. The van der Waals surface area contributed by atoms with E-state index in [1.807, 2.05) is 102 Å². The Kier molecular flexibility index (Phi) is 7.91. The van der Waals surface area contributed by atoms with Crippen LogP contribution in [0.4, 0.5) is 0 Å². The van der Waals surface area contributed by atoms with Gasteiger partial charge in [0.05, 0.1) is 0 Å². The lowest BCUT2D eigenvalue weighted by Gasteiger charge is -2.13. The van der Waals surface area contributed by atoms with Crippen LogP contribution in [0, 0.1) is 17.6 Å². The van der Waals surface area contributed by atoms with Crippen LogP contribution in [0.2, 0.25) is 0 Å². The summed E-state index contributed by atoms with van der Waals surface area (Å²) in [5, 5.41) is 8.84. The molecule has 4 aromatic rings. The van der Waals surface area contributed by atoms with E-state index in [1.165, 1.54) is 0 Å². The molecule has 3 aromatic carbocycles. The van der Waals surface area contributed by atoms with Crippen LogP contribution < -0.4 is 13.9 Å². The maximum absolute atomic E-state index is 8.84. The molecule has 0 aliphatic rings. The molecule has 0 saturated heterocycles. The number of hydrogen-bond acceptors (Lipinski definition) is 4. The maximum atomic E-state index is 8.84. The third-order valence-electron chi connectivity index (χ3n) is 3.81. The lowest BCUT2D eigenvalue weighted by atomic mass is 10.2. The average Bonchev–Trinajstić information content (AvgIpc) is 2.82. The molecule has 0 amide bonds. The van der Waals surface area contributed by atoms with E-state index in [2.05, 4.69) is 6.07 Å². The lowest BCUT2D eigenvalue weighted by Crippen LogP contribution is -2.35. The van der Waals surface area contributed by atoms with E-state index < -0.39 is 7.32 Å². The van der Waals surface area contributed by atoms with Crippen LogP contribution in [0.3, 0.4) is 0 Å². The minimum atomic E-state index is -1.18. The Morgan fingerprint density at radius 1 is 0.733 bits per heavy atom. The summed E-state index contributed by atoms with van der Waals surface area (Å²) in [4.78, 5) is 0. The molecule has 0 atom stereocenters. The molecule has 6 heteroatoms. The summed E-state index contributed by atoms with van der Waals surface area (Å²) in [6.45, 7) is 0. The number of para-hydroxylation sites is 3. The molecule has 0 aliphatic carbocycles. The van der Waals surface area contributed by atoms with Gasteiger partial charge in [0.25, 0.3) is 11.9 Å². The van der Waals surface area contributed by atoms with Gasteiger partial charge in [0, 0.05) is 18.2 Å². The van der Waals surface area contributed by atoms with Crippen molar-refractivity contribution in [2.45, 2.75) is 0 Å². The number of rotatable bonds is 6. The van der Waals surface area contributed by atoms with Crippen LogP contribution in [-0.4, -0.2) is 7.32 Å². The van der Waals surface area contributed by atoms with Gasteiger partial charge in [-0.2, -0.15) is 46.2 Å². The van der Waals surface area contributed by atoms with E-state index in [1.54, 1.807) is 24.5 Å². The topological polar surface area (TPSA) is 55.4 Å². The molecule has 0 N–H and O–H groups in total. The smallest absolute Gasteiger partial charge is 0.489 e. The second-order valence-electron chi connectivity index (χ2n) is 5.87. The van der Waals surface area contributed by atoms with Gasteiger partial charge in [0.2, 0.25) is 0 Å². The highest BCUT2D eigenvalue weighted by molar-refractivity contribution is 6.39. The number of pyridine rings is 1. The Balaban J connectivity index is 0.000000367. The predicted octanol–water partition coefficient (Wildman–Crippen LogP) is 4.39. The highest BCUT2D eigenvalue weighted by Crippen LogP contribution is 2.20. The first-order chi connectivity index (χ1) is 14.9. The second-order valence-corrected chi connectivity index (χ2v) is 5.87. The van der Waals surface area contributed by atoms with Gasteiger partial charge < -0.3 is 14.0 Å². The molecule has 0 spiro atoms. The molecule has 0 unspecified atom stereocenters. The van der Waals surface area contributed by atoms with Crippen molar-refractivity contribution in [3.63, 3.8) is 0 Å². The molecule has 30 heavy (non-hydrogen) atoms. The Morgan fingerprint density at radius 2 is 1.37 bits per heavy atom. The molecule has 0 radical (unpaired) electrons. The van der Waals surface area contributed by atoms with Crippen molar-refractivity contribution < 1.29 is 18.5 Å². The summed E-state index contributed by atoms with van der Waals surface area (Å²) in [5.41, 5.74) is 0.807. The van der Waals surface area contributed by atoms with Crippen molar-refractivity contribution in [2.75, 3.05) is 0 Å². The molecule has 0 aliphatic heterocycles. The number of aromatic nitrogens is 1. The van der Waals surface area contributed by atoms with E-state index in [-0.39, 0.29) is 0 Å². The fourth-order valence-corrected chi connectivity index (χ4v) is 2.50. The third kappa shape index (κ3) is 6.43. The summed E-state index contributed by atoms with van der Waals surface area (Å²) in [6.07, 6.45) is 5.42. The molecule has 1 heterocycles. The summed E-state index contributed by atoms with van der Waals surface area (Å²) < 4.78 is 18.1. The summed E-state index contributed by atoms with van der Waals surface area (Å²) in [6, 6.07) is 34.7. The van der Waals surface area contributed by atoms with Crippen LogP contribution >= 0.6 is 0 Å². The highest BCUT2D eigenvalue weighted by atomic mass is 16.7. The van der Waals surface area contributed by atoms with Crippen LogP contribution in [0.15, 0.2) is 116 Å². The Labute approximate surface area is 176 Å².